The van der Waals surface area contributed by atoms with Crippen LogP contribution in [0, 0.1) is 6.92 Å². The van der Waals surface area contributed by atoms with Gasteiger partial charge in [-0.05, 0) is 61.0 Å². The predicted molar refractivity (Wildman–Crippen MR) is 95.1 cm³/mol. The number of anilines is 1. The molecule has 1 aromatic heterocycles. The third-order valence-electron chi connectivity index (χ3n) is 5.12. The average molecular weight is 334 g/mol. The molecule has 0 spiro atoms. The van der Waals surface area contributed by atoms with Crippen LogP contribution in [0.1, 0.15) is 24.1 Å². The summed E-state index contributed by atoms with van der Waals surface area (Å²) in [5.41, 5.74) is 3.49. The van der Waals surface area contributed by atoms with Gasteiger partial charge in [0.15, 0.2) is 11.5 Å². The molecule has 1 aliphatic heterocycles. The van der Waals surface area contributed by atoms with E-state index in [0.717, 1.165) is 52.2 Å². The lowest BCUT2D eigenvalue weighted by atomic mass is 9.94. The molecule has 0 atom stereocenters. The van der Waals surface area contributed by atoms with Crippen LogP contribution in [0.25, 0.3) is 10.9 Å². The van der Waals surface area contributed by atoms with Crippen LogP contribution in [0.2, 0.25) is 0 Å². The zero-order valence-corrected chi connectivity index (χ0v) is 13.9. The van der Waals surface area contributed by atoms with E-state index in [1.54, 1.807) is 0 Å². The Balaban J connectivity index is 1.42. The Morgan fingerprint density at radius 3 is 2.76 bits per heavy atom. The second-order valence-corrected chi connectivity index (χ2v) is 6.86. The first kappa shape index (κ1) is 14.4. The molecule has 3 aromatic rings. The lowest BCUT2D eigenvalue weighted by molar-refractivity contribution is -0.118. The molecule has 5 nitrogen and oxygen atoms in total. The Morgan fingerprint density at radius 2 is 1.92 bits per heavy atom. The summed E-state index contributed by atoms with van der Waals surface area (Å²) in [4.78, 5) is 16.2. The van der Waals surface area contributed by atoms with Gasteiger partial charge in [0.1, 0.15) is 0 Å². The van der Waals surface area contributed by atoms with Crippen molar-refractivity contribution in [2.24, 2.45) is 0 Å². The minimum absolute atomic E-state index is 0.0361. The number of benzene rings is 2. The quantitative estimate of drug-likeness (QED) is 0.764. The number of aromatic amines is 1. The van der Waals surface area contributed by atoms with Crippen molar-refractivity contribution in [3.05, 3.63) is 53.7 Å². The molecular formula is C20H18N2O3. The maximum absolute atomic E-state index is 12.9. The summed E-state index contributed by atoms with van der Waals surface area (Å²) < 4.78 is 10.8. The van der Waals surface area contributed by atoms with Crippen molar-refractivity contribution in [3.8, 4) is 11.5 Å². The van der Waals surface area contributed by atoms with Gasteiger partial charge in [0.25, 0.3) is 0 Å². The number of amides is 1. The maximum Gasteiger partial charge on any atom is 0.235 e. The van der Waals surface area contributed by atoms with Crippen LogP contribution in [0.4, 0.5) is 5.69 Å². The van der Waals surface area contributed by atoms with Gasteiger partial charge in [-0.25, -0.2) is 0 Å². The number of carbonyl (C=O) groups excluding carboxylic acids is 1. The van der Waals surface area contributed by atoms with E-state index in [1.807, 2.05) is 43.3 Å². The summed E-state index contributed by atoms with van der Waals surface area (Å²) in [6.07, 6.45) is 1.70. The van der Waals surface area contributed by atoms with Gasteiger partial charge < -0.3 is 19.8 Å². The first-order valence-corrected chi connectivity index (χ1v) is 8.45. The van der Waals surface area contributed by atoms with E-state index >= 15 is 0 Å². The Kier molecular flexibility index (Phi) is 2.89. The Morgan fingerprint density at radius 1 is 1.08 bits per heavy atom. The van der Waals surface area contributed by atoms with Crippen molar-refractivity contribution in [2.45, 2.75) is 25.2 Å². The van der Waals surface area contributed by atoms with Crippen LogP contribution in [-0.2, 0) is 10.2 Å². The molecule has 2 N–H and O–H groups in total. The predicted octanol–water partition coefficient (Wildman–Crippen LogP) is 3.88. The van der Waals surface area contributed by atoms with Gasteiger partial charge in [-0.15, -0.1) is 0 Å². The van der Waals surface area contributed by atoms with Crippen molar-refractivity contribution in [3.63, 3.8) is 0 Å². The minimum atomic E-state index is -0.457. The molecule has 2 heterocycles. The molecule has 1 aliphatic carbocycles. The molecule has 0 bridgehead atoms. The average Bonchev–Trinajstić information content (AvgIpc) is 3.13. The highest BCUT2D eigenvalue weighted by atomic mass is 16.7. The Labute approximate surface area is 144 Å². The molecular weight excluding hydrogens is 316 g/mol. The molecule has 0 saturated heterocycles. The number of aromatic nitrogens is 1. The van der Waals surface area contributed by atoms with Crippen molar-refractivity contribution in [1.29, 1.82) is 0 Å². The van der Waals surface area contributed by atoms with Crippen LogP contribution in [0.15, 0.2) is 42.5 Å². The number of carbonyl (C=O) groups is 1. The Hall–Kier alpha value is -2.95. The van der Waals surface area contributed by atoms with Crippen LogP contribution in [-0.4, -0.2) is 17.7 Å². The standard InChI is InChI=1S/C20H18N2O3/c1-12-8-13-2-4-15(10-16(13)21-12)22-19(23)20(6-7-20)14-3-5-17-18(9-14)25-11-24-17/h2-5,8-10,21H,6-7,11H2,1H3,(H,22,23). The van der Waals surface area contributed by atoms with E-state index in [-0.39, 0.29) is 12.7 Å². The zero-order valence-electron chi connectivity index (χ0n) is 13.9. The fraction of sp³-hybridized carbons (Fsp3) is 0.250. The second-order valence-electron chi connectivity index (χ2n) is 6.86. The van der Waals surface area contributed by atoms with Gasteiger partial charge in [-0.3, -0.25) is 4.79 Å². The normalized spacial score (nSPS) is 16.8. The van der Waals surface area contributed by atoms with Crippen molar-refractivity contribution in [2.75, 3.05) is 12.1 Å². The van der Waals surface area contributed by atoms with Gasteiger partial charge >= 0.3 is 0 Å². The smallest absolute Gasteiger partial charge is 0.235 e. The zero-order chi connectivity index (χ0) is 17.0. The Bertz CT molecular complexity index is 1000. The fourth-order valence-electron chi connectivity index (χ4n) is 3.57. The largest absolute Gasteiger partial charge is 0.454 e. The lowest BCUT2D eigenvalue weighted by Crippen LogP contribution is -2.27. The summed E-state index contributed by atoms with van der Waals surface area (Å²) >= 11 is 0. The topological polar surface area (TPSA) is 63.4 Å². The number of fused-ring (bicyclic) bond motifs is 2. The van der Waals surface area contributed by atoms with Gasteiger partial charge in [-0.2, -0.15) is 0 Å². The first-order valence-electron chi connectivity index (χ1n) is 8.45. The molecule has 25 heavy (non-hydrogen) atoms. The molecule has 1 amide bonds. The van der Waals surface area contributed by atoms with E-state index in [4.69, 9.17) is 9.47 Å². The van der Waals surface area contributed by atoms with E-state index in [9.17, 15) is 4.79 Å². The van der Waals surface area contributed by atoms with Gasteiger partial charge in [0.05, 0.1) is 5.41 Å². The highest BCUT2D eigenvalue weighted by Gasteiger charge is 2.51. The van der Waals surface area contributed by atoms with Crippen LogP contribution < -0.4 is 14.8 Å². The summed E-state index contributed by atoms with van der Waals surface area (Å²) in [7, 11) is 0. The first-order chi connectivity index (χ1) is 12.1. The van der Waals surface area contributed by atoms with E-state index in [2.05, 4.69) is 16.4 Å². The van der Waals surface area contributed by atoms with Crippen molar-refractivity contribution < 1.29 is 14.3 Å². The molecule has 1 fully saturated rings. The number of H-pyrrole nitrogens is 1. The van der Waals surface area contributed by atoms with Crippen LogP contribution >= 0.6 is 0 Å². The van der Waals surface area contributed by atoms with Gasteiger partial charge in [0.2, 0.25) is 12.7 Å². The van der Waals surface area contributed by atoms with Crippen LogP contribution in [0.5, 0.6) is 11.5 Å². The third kappa shape index (κ3) is 2.27. The fourth-order valence-corrected chi connectivity index (χ4v) is 3.57. The highest BCUT2D eigenvalue weighted by Crippen LogP contribution is 2.51. The monoisotopic (exact) mass is 334 g/mol. The number of hydrogen-bond acceptors (Lipinski definition) is 3. The molecule has 5 rings (SSSR count). The number of hydrogen-bond donors (Lipinski definition) is 2. The highest BCUT2D eigenvalue weighted by molar-refractivity contribution is 6.02. The summed E-state index contributed by atoms with van der Waals surface area (Å²) in [6, 6.07) is 13.8. The number of aryl methyl sites for hydroxylation is 1. The van der Waals surface area contributed by atoms with E-state index < -0.39 is 5.41 Å². The minimum Gasteiger partial charge on any atom is -0.454 e. The summed E-state index contributed by atoms with van der Waals surface area (Å²) in [5.74, 6) is 1.50. The molecule has 2 aliphatic rings. The number of nitrogens with one attached hydrogen (secondary N) is 2. The van der Waals surface area contributed by atoms with E-state index in [0.29, 0.717) is 0 Å². The van der Waals surface area contributed by atoms with Crippen molar-refractivity contribution >= 4 is 22.5 Å². The molecule has 1 saturated carbocycles. The van der Waals surface area contributed by atoms with Gasteiger partial charge in [-0.1, -0.05) is 12.1 Å². The number of ether oxygens (including phenoxy) is 2. The maximum atomic E-state index is 12.9. The molecule has 5 heteroatoms. The number of rotatable bonds is 3. The van der Waals surface area contributed by atoms with Crippen LogP contribution in [0.3, 0.4) is 0 Å². The summed E-state index contributed by atoms with van der Waals surface area (Å²) in [6.45, 7) is 2.27. The molecule has 0 radical (unpaired) electrons. The van der Waals surface area contributed by atoms with Gasteiger partial charge in [0, 0.05) is 16.9 Å². The SMILES string of the molecule is Cc1cc2ccc(NC(=O)C3(c4ccc5c(c4)OCO5)CC3)cc2[nH]1. The molecule has 2 aromatic carbocycles. The third-order valence-corrected chi connectivity index (χ3v) is 5.12. The second kappa shape index (κ2) is 5.02. The van der Waals surface area contributed by atoms with Crippen molar-refractivity contribution in [1.82, 2.24) is 4.98 Å². The van der Waals surface area contributed by atoms with E-state index in [1.165, 1.54) is 0 Å². The summed E-state index contributed by atoms with van der Waals surface area (Å²) in [5, 5.41) is 4.23. The molecule has 126 valence electrons. The lowest BCUT2D eigenvalue weighted by Gasteiger charge is -2.16. The molecule has 0 unspecified atom stereocenters.